The van der Waals surface area contributed by atoms with Crippen molar-refractivity contribution in [1.82, 2.24) is 4.98 Å². The van der Waals surface area contributed by atoms with Crippen molar-refractivity contribution in [3.8, 4) is 0 Å². The molecule has 3 N–H and O–H groups in total. The molecule has 1 aromatic carbocycles. The lowest BCUT2D eigenvalue weighted by Crippen LogP contribution is -2.02. The fraction of sp³-hybridized carbons (Fsp3) is 0.250. The van der Waals surface area contributed by atoms with Crippen molar-refractivity contribution in [3.05, 3.63) is 46.0 Å². The van der Waals surface area contributed by atoms with E-state index in [1.54, 1.807) is 6.20 Å². The van der Waals surface area contributed by atoms with Gasteiger partial charge >= 0.3 is 0 Å². The van der Waals surface area contributed by atoms with E-state index in [1.165, 1.54) is 11.3 Å². The molecule has 2 rings (SSSR count). The molecule has 1 atom stereocenters. The summed E-state index contributed by atoms with van der Waals surface area (Å²) in [5.74, 6) is 0. The van der Waals surface area contributed by atoms with E-state index in [1.807, 2.05) is 32.0 Å². The maximum absolute atomic E-state index is 10.3. The highest BCUT2D eigenvalue weighted by atomic mass is 32.1. The van der Waals surface area contributed by atoms with Crippen LogP contribution in [0.4, 0.5) is 5.13 Å². The van der Waals surface area contributed by atoms with Crippen molar-refractivity contribution < 1.29 is 5.11 Å². The third-order valence-corrected chi connectivity index (χ3v) is 3.51. The first-order chi connectivity index (χ1) is 7.59. The number of thiazole rings is 1. The number of benzene rings is 1. The minimum atomic E-state index is -0.629. The Bertz CT molecular complexity index is 487. The average Bonchev–Trinajstić information content (AvgIpc) is 2.64. The molecule has 84 valence electrons. The van der Waals surface area contributed by atoms with Crippen molar-refractivity contribution in [2.45, 2.75) is 20.0 Å². The molecule has 0 aliphatic heterocycles. The lowest BCUT2D eigenvalue weighted by molar-refractivity contribution is 0.222. The van der Waals surface area contributed by atoms with Crippen LogP contribution >= 0.6 is 11.3 Å². The Morgan fingerprint density at radius 1 is 1.31 bits per heavy atom. The molecule has 0 aliphatic carbocycles. The first kappa shape index (κ1) is 11.1. The fourth-order valence-electron chi connectivity index (χ4n) is 1.83. The highest BCUT2D eigenvalue weighted by Gasteiger charge is 2.17. The second-order valence-electron chi connectivity index (χ2n) is 3.81. The largest absolute Gasteiger partial charge is 0.383 e. The number of aliphatic hydroxyl groups excluding tert-OH is 1. The van der Waals surface area contributed by atoms with Gasteiger partial charge in [-0.15, -0.1) is 0 Å². The monoisotopic (exact) mass is 234 g/mol. The SMILES string of the molecule is Cc1cccc(C)c1C(O)c1cnc(N)s1. The Labute approximate surface area is 98.6 Å². The molecule has 0 aliphatic rings. The number of nitrogens with zero attached hydrogens (tertiary/aromatic N) is 1. The molecule has 0 saturated carbocycles. The predicted molar refractivity (Wildman–Crippen MR) is 66.5 cm³/mol. The van der Waals surface area contributed by atoms with Crippen molar-refractivity contribution in [2.75, 3.05) is 5.73 Å². The summed E-state index contributed by atoms with van der Waals surface area (Å²) < 4.78 is 0. The minimum Gasteiger partial charge on any atom is -0.383 e. The molecule has 16 heavy (non-hydrogen) atoms. The van der Waals surface area contributed by atoms with Crippen molar-refractivity contribution in [2.24, 2.45) is 0 Å². The van der Waals surface area contributed by atoms with Gasteiger partial charge in [0.05, 0.1) is 4.88 Å². The smallest absolute Gasteiger partial charge is 0.180 e. The van der Waals surface area contributed by atoms with Gasteiger partial charge in [-0.05, 0) is 30.5 Å². The summed E-state index contributed by atoms with van der Waals surface area (Å²) in [6.07, 6.45) is 1.01. The standard InChI is InChI=1S/C12H14N2OS/c1-7-4-3-5-8(2)10(7)11(15)9-6-14-12(13)16-9/h3-6,11,15H,1-2H3,(H2,13,14). The molecule has 4 heteroatoms. The molecule has 0 saturated heterocycles. The van der Waals surface area contributed by atoms with E-state index in [0.29, 0.717) is 5.13 Å². The molecule has 1 heterocycles. The zero-order valence-electron chi connectivity index (χ0n) is 9.27. The van der Waals surface area contributed by atoms with Gasteiger partial charge in [-0.1, -0.05) is 29.5 Å². The molecule has 3 nitrogen and oxygen atoms in total. The van der Waals surface area contributed by atoms with Crippen molar-refractivity contribution in [1.29, 1.82) is 0 Å². The molecule has 0 amide bonds. The van der Waals surface area contributed by atoms with E-state index in [4.69, 9.17) is 5.73 Å². The van der Waals surface area contributed by atoms with Crippen LogP contribution in [0.2, 0.25) is 0 Å². The zero-order chi connectivity index (χ0) is 11.7. The number of hydrogen-bond donors (Lipinski definition) is 2. The van der Waals surface area contributed by atoms with Gasteiger partial charge in [0.25, 0.3) is 0 Å². The summed E-state index contributed by atoms with van der Waals surface area (Å²) in [7, 11) is 0. The highest BCUT2D eigenvalue weighted by Crippen LogP contribution is 2.31. The van der Waals surface area contributed by atoms with Gasteiger partial charge in [0, 0.05) is 6.20 Å². The van der Waals surface area contributed by atoms with E-state index in [-0.39, 0.29) is 0 Å². The van der Waals surface area contributed by atoms with E-state index >= 15 is 0 Å². The average molecular weight is 234 g/mol. The van der Waals surface area contributed by atoms with Crippen LogP contribution in [-0.4, -0.2) is 10.1 Å². The van der Waals surface area contributed by atoms with Crippen LogP contribution < -0.4 is 5.73 Å². The summed E-state index contributed by atoms with van der Waals surface area (Å²) in [5.41, 5.74) is 8.68. The quantitative estimate of drug-likeness (QED) is 0.839. The Hall–Kier alpha value is -1.39. The van der Waals surface area contributed by atoms with Crippen LogP contribution in [0.25, 0.3) is 0 Å². The molecular weight excluding hydrogens is 220 g/mol. The minimum absolute atomic E-state index is 0.486. The number of hydrogen-bond acceptors (Lipinski definition) is 4. The summed E-state index contributed by atoms with van der Waals surface area (Å²) >= 11 is 1.32. The van der Waals surface area contributed by atoms with Crippen molar-refractivity contribution >= 4 is 16.5 Å². The predicted octanol–water partition coefficient (Wildman–Crippen LogP) is 2.42. The molecule has 0 bridgehead atoms. The van der Waals surface area contributed by atoms with Crippen LogP contribution in [0.3, 0.4) is 0 Å². The Balaban J connectivity index is 2.45. The van der Waals surface area contributed by atoms with Crippen LogP contribution in [0.5, 0.6) is 0 Å². The lowest BCUT2D eigenvalue weighted by atomic mass is 9.97. The Morgan fingerprint density at radius 2 is 1.94 bits per heavy atom. The first-order valence-electron chi connectivity index (χ1n) is 5.05. The van der Waals surface area contributed by atoms with E-state index in [9.17, 15) is 5.11 Å². The molecule has 0 fully saturated rings. The first-order valence-corrected chi connectivity index (χ1v) is 5.86. The van der Waals surface area contributed by atoms with Gasteiger partial charge in [0.15, 0.2) is 5.13 Å². The molecule has 1 aromatic heterocycles. The van der Waals surface area contributed by atoms with Gasteiger partial charge in [0.2, 0.25) is 0 Å². The van der Waals surface area contributed by atoms with E-state index in [0.717, 1.165) is 21.6 Å². The van der Waals surface area contributed by atoms with Crippen LogP contribution in [0.1, 0.15) is 27.7 Å². The van der Waals surface area contributed by atoms with Crippen molar-refractivity contribution in [3.63, 3.8) is 0 Å². The van der Waals surface area contributed by atoms with Crippen LogP contribution in [-0.2, 0) is 0 Å². The summed E-state index contributed by atoms with van der Waals surface area (Å²) in [5, 5.41) is 10.8. The fourth-order valence-corrected chi connectivity index (χ4v) is 2.51. The Morgan fingerprint density at radius 3 is 2.44 bits per heavy atom. The second-order valence-corrected chi connectivity index (χ2v) is 4.90. The molecule has 2 aromatic rings. The molecular formula is C12H14N2OS. The third-order valence-electron chi connectivity index (χ3n) is 2.63. The van der Waals surface area contributed by atoms with Gasteiger partial charge in [-0.3, -0.25) is 0 Å². The number of anilines is 1. The normalized spacial score (nSPS) is 12.7. The van der Waals surface area contributed by atoms with Gasteiger partial charge in [0.1, 0.15) is 6.10 Å². The zero-order valence-corrected chi connectivity index (χ0v) is 10.1. The number of aliphatic hydroxyl groups is 1. The summed E-state index contributed by atoms with van der Waals surface area (Å²) in [4.78, 5) is 4.75. The van der Waals surface area contributed by atoms with E-state index in [2.05, 4.69) is 4.98 Å². The molecule has 0 spiro atoms. The maximum Gasteiger partial charge on any atom is 0.180 e. The number of aryl methyl sites for hydroxylation is 2. The summed E-state index contributed by atoms with van der Waals surface area (Å²) in [6, 6.07) is 5.98. The van der Waals surface area contributed by atoms with E-state index < -0.39 is 6.10 Å². The molecule has 0 radical (unpaired) electrons. The highest BCUT2D eigenvalue weighted by molar-refractivity contribution is 7.15. The Kier molecular flexibility index (Phi) is 2.94. The second kappa shape index (κ2) is 4.23. The number of nitrogens with two attached hydrogens (primary N) is 1. The van der Waals surface area contributed by atoms with Gasteiger partial charge in [-0.2, -0.15) is 0 Å². The van der Waals surface area contributed by atoms with Gasteiger partial charge in [-0.25, -0.2) is 4.98 Å². The van der Waals surface area contributed by atoms with Crippen LogP contribution in [0, 0.1) is 13.8 Å². The number of aromatic nitrogens is 1. The summed E-state index contributed by atoms with van der Waals surface area (Å²) in [6.45, 7) is 3.99. The van der Waals surface area contributed by atoms with Crippen LogP contribution in [0.15, 0.2) is 24.4 Å². The topological polar surface area (TPSA) is 59.1 Å². The number of rotatable bonds is 2. The van der Waals surface area contributed by atoms with Gasteiger partial charge < -0.3 is 10.8 Å². The number of nitrogen functional groups attached to an aromatic ring is 1. The lowest BCUT2D eigenvalue weighted by Gasteiger charge is -2.14. The third kappa shape index (κ3) is 1.94. The maximum atomic E-state index is 10.3. The molecule has 1 unspecified atom stereocenters.